The van der Waals surface area contributed by atoms with Gasteiger partial charge in [0.25, 0.3) is 0 Å². The lowest BCUT2D eigenvalue weighted by Gasteiger charge is -2.50. The fraction of sp³-hybridized carbons (Fsp3) is 0.500. The van der Waals surface area contributed by atoms with Gasteiger partial charge in [0.2, 0.25) is 23.7 Å². The van der Waals surface area contributed by atoms with E-state index in [1.54, 1.807) is 58.9 Å². The zero-order valence-electron chi connectivity index (χ0n) is 39.4. The van der Waals surface area contributed by atoms with Crippen molar-refractivity contribution < 1.29 is 67.1 Å². The number of nitrogens with zero attached hydrogens (tertiary/aromatic N) is 2. The lowest BCUT2D eigenvalue weighted by molar-refractivity contribution is -0.214. The Morgan fingerprint density at radius 3 is 2.28 bits per heavy atom. The number of hydroxylamine groups is 2. The van der Waals surface area contributed by atoms with Gasteiger partial charge in [-0.15, -0.1) is 0 Å². The van der Waals surface area contributed by atoms with Gasteiger partial charge in [0, 0.05) is 42.0 Å². The number of ether oxygens (including phenoxy) is 6. The Kier molecular flexibility index (Phi) is 13.0. The van der Waals surface area contributed by atoms with E-state index in [4.69, 9.17) is 33.3 Å². The van der Waals surface area contributed by atoms with Gasteiger partial charge in [-0.2, -0.15) is 5.06 Å². The van der Waals surface area contributed by atoms with Crippen LogP contribution in [0.25, 0.3) is 6.08 Å². The second kappa shape index (κ2) is 18.7. The van der Waals surface area contributed by atoms with Gasteiger partial charge in [0.1, 0.15) is 48.1 Å². The molecule has 5 heterocycles. The first-order chi connectivity index (χ1) is 32.9. The maximum absolute atomic E-state index is 15.8. The van der Waals surface area contributed by atoms with Gasteiger partial charge in [-0.3, -0.25) is 24.0 Å². The number of amides is 2. The number of likely N-dealkylation sites (tertiary alicyclic amines) is 1. The molecule has 17 nitrogen and oxygen atoms in total. The van der Waals surface area contributed by atoms with Crippen molar-refractivity contribution in [1.29, 1.82) is 0 Å². The number of fused-ring (bicyclic) bond motifs is 4. The van der Waals surface area contributed by atoms with Gasteiger partial charge in [0.15, 0.2) is 6.04 Å². The highest BCUT2D eigenvalue weighted by molar-refractivity contribution is 5.97. The zero-order valence-corrected chi connectivity index (χ0v) is 39.4. The second-order valence-corrected chi connectivity index (χ2v) is 20.4. The number of nitrogens with one attached hydrogen (secondary N) is 1. The lowest BCUT2D eigenvalue weighted by Crippen LogP contribution is -2.70. The smallest absolute Gasteiger partial charge is 0.348 e. The number of rotatable bonds is 14. The summed E-state index contributed by atoms with van der Waals surface area (Å²) < 4.78 is 36.4. The molecule has 0 radical (unpaired) electrons. The Bertz CT molecular complexity index is 2450. The van der Waals surface area contributed by atoms with Crippen LogP contribution in [0.5, 0.6) is 0 Å². The average molecular weight is 950 g/mol. The summed E-state index contributed by atoms with van der Waals surface area (Å²) in [5, 5.41) is 14.6. The van der Waals surface area contributed by atoms with E-state index in [-0.39, 0.29) is 39.0 Å². The van der Waals surface area contributed by atoms with E-state index >= 15 is 4.79 Å². The molecule has 9 rings (SSSR count). The van der Waals surface area contributed by atoms with Gasteiger partial charge in [-0.25, -0.2) is 9.59 Å². The van der Waals surface area contributed by atoms with E-state index in [1.165, 1.54) is 16.0 Å². The number of aliphatic hydroxyl groups excluding tert-OH is 1. The van der Waals surface area contributed by atoms with Crippen LogP contribution in [-0.2, 0) is 74.4 Å². The minimum atomic E-state index is -1.62. The Hall–Kier alpha value is -5.98. The molecule has 17 heteroatoms. The average Bonchev–Trinajstić information content (AvgIpc) is 4.11. The zero-order chi connectivity index (χ0) is 48.9. The van der Waals surface area contributed by atoms with E-state index in [2.05, 4.69) is 5.32 Å². The summed E-state index contributed by atoms with van der Waals surface area (Å²) in [7, 11) is 0. The summed E-state index contributed by atoms with van der Waals surface area (Å²) in [5.41, 5.74) is -0.380. The summed E-state index contributed by atoms with van der Waals surface area (Å²) >= 11 is 0. The Labute approximate surface area is 400 Å². The standard InChI is InChI=1S/C52H59N3O14/c1-49(2,3)66-39(58)24-22-35(29-56)53-45(59)36-20-13-25-54(36)48(62)51-27-37-40-41(68-52(67-40,33-16-8-6-9-17-33)34-18-10-7-11-19-34)43(51)69-55(42(51)46(60)64-37)28-32-15-12-14-31(26-32)21-23-38(57)65-44-47(61)63-30-50(44,4)5/h6-12,14-19,21,23,26,35-37,40-44,56H,13,20,22,24-25,27-30H2,1-5H3,(H,53,59). The van der Waals surface area contributed by atoms with E-state index in [0.717, 1.165) is 0 Å². The van der Waals surface area contributed by atoms with Crippen molar-refractivity contribution >= 4 is 41.8 Å². The monoisotopic (exact) mass is 949 g/mol. The Morgan fingerprint density at radius 2 is 1.62 bits per heavy atom. The van der Waals surface area contributed by atoms with Crippen LogP contribution in [0.4, 0.5) is 0 Å². The summed E-state index contributed by atoms with van der Waals surface area (Å²) in [6.45, 7) is 8.72. The van der Waals surface area contributed by atoms with Crippen LogP contribution in [-0.4, -0.2) is 125 Å². The summed E-state index contributed by atoms with van der Waals surface area (Å²) in [6.07, 6.45) is -1.27. The minimum Gasteiger partial charge on any atom is -0.462 e. The largest absolute Gasteiger partial charge is 0.462 e. The molecule has 366 valence electrons. The molecule has 1 saturated carbocycles. The number of cyclic esters (lactones) is 1. The molecule has 2 N–H and O–H groups in total. The second-order valence-electron chi connectivity index (χ2n) is 20.4. The number of carbonyl (C=O) groups excluding carboxylic acids is 6. The van der Waals surface area contributed by atoms with Gasteiger partial charge in [-0.05, 0) is 57.2 Å². The highest BCUT2D eigenvalue weighted by Gasteiger charge is 2.77. The maximum atomic E-state index is 15.8. The lowest BCUT2D eigenvalue weighted by atomic mass is 9.62. The van der Waals surface area contributed by atoms with Gasteiger partial charge in [-0.1, -0.05) is 98.8 Å². The van der Waals surface area contributed by atoms with Crippen molar-refractivity contribution in [3.63, 3.8) is 0 Å². The van der Waals surface area contributed by atoms with Gasteiger partial charge >= 0.3 is 23.9 Å². The first kappa shape index (κ1) is 48.1. The van der Waals surface area contributed by atoms with E-state index in [9.17, 15) is 29.1 Å². The van der Waals surface area contributed by atoms with Crippen molar-refractivity contribution in [2.45, 2.75) is 133 Å². The van der Waals surface area contributed by atoms with Gasteiger partial charge < -0.3 is 43.7 Å². The van der Waals surface area contributed by atoms with E-state index in [0.29, 0.717) is 35.1 Å². The number of aliphatic hydroxyl groups is 1. The van der Waals surface area contributed by atoms with Crippen LogP contribution < -0.4 is 5.32 Å². The molecular weight excluding hydrogens is 891 g/mol. The molecule has 3 aromatic carbocycles. The van der Waals surface area contributed by atoms with Crippen LogP contribution in [0.3, 0.4) is 0 Å². The number of benzene rings is 3. The third-order valence-corrected chi connectivity index (χ3v) is 13.8. The van der Waals surface area contributed by atoms with Crippen molar-refractivity contribution in [2.24, 2.45) is 10.8 Å². The fourth-order valence-electron chi connectivity index (χ4n) is 10.6. The third kappa shape index (κ3) is 9.18. The van der Waals surface area contributed by atoms with E-state index < -0.39 is 113 Å². The molecule has 9 unspecified atom stereocenters. The number of esters is 4. The Balaban J connectivity index is 1.03. The molecule has 6 fully saturated rings. The van der Waals surface area contributed by atoms with Crippen molar-refractivity contribution in [3.8, 4) is 0 Å². The van der Waals surface area contributed by atoms with Crippen LogP contribution in [0.2, 0.25) is 0 Å². The van der Waals surface area contributed by atoms with Crippen LogP contribution in [0.1, 0.15) is 89.0 Å². The predicted molar refractivity (Wildman–Crippen MR) is 243 cm³/mol. The number of carbonyl (C=O) groups is 6. The van der Waals surface area contributed by atoms with Crippen LogP contribution in [0, 0.1) is 10.8 Å². The molecule has 1 aliphatic carbocycles. The van der Waals surface area contributed by atoms with Gasteiger partial charge in [0.05, 0.1) is 19.2 Å². The number of hydrogen-bond donors (Lipinski definition) is 2. The highest BCUT2D eigenvalue weighted by atomic mass is 16.8. The fourth-order valence-corrected chi connectivity index (χ4v) is 10.6. The molecule has 2 bridgehead atoms. The molecule has 3 aromatic rings. The van der Waals surface area contributed by atoms with Crippen LogP contribution >= 0.6 is 0 Å². The molecule has 9 atom stereocenters. The highest BCUT2D eigenvalue weighted by Crippen LogP contribution is 2.60. The maximum Gasteiger partial charge on any atom is 0.348 e. The Morgan fingerprint density at radius 1 is 0.928 bits per heavy atom. The quantitative estimate of drug-likeness (QED) is 0.132. The molecule has 69 heavy (non-hydrogen) atoms. The van der Waals surface area contributed by atoms with Crippen LogP contribution in [0.15, 0.2) is 91.0 Å². The normalized spacial score (nSPS) is 29.2. The van der Waals surface area contributed by atoms with Crippen molar-refractivity contribution in [1.82, 2.24) is 15.3 Å². The molecule has 6 aliphatic rings. The molecule has 0 spiro atoms. The minimum absolute atomic E-state index is 0.00379. The topological polar surface area (TPSA) is 206 Å². The SMILES string of the molecule is CC(C)(C)OC(=O)CCC(CO)NC(=O)C1CCCN1C(=O)C12CC3OC(=O)C1N(Cc1cccc(C=CC(=O)OC4C(=O)OCC4(C)C)c1)OC2C1OC(c2ccccc2)(c2ccccc2)OC31. The molecule has 5 saturated heterocycles. The van der Waals surface area contributed by atoms with E-state index in [1.807, 2.05) is 66.7 Å². The first-order valence-electron chi connectivity index (χ1n) is 23.6. The summed E-state index contributed by atoms with van der Waals surface area (Å²) in [6, 6.07) is 22.9. The molecule has 0 aromatic heterocycles. The predicted octanol–water partition coefficient (Wildman–Crippen LogP) is 4.27. The molecule has 2 amide bonds. The first-order valence-corrected chi connectivity index (χ1v) is 23.6. The summed E-state index contributed by atoms with van der Waals surface area (Å²) in [5.74, 6) is -4.94. The molecule has 5 aliphatic heterocycles. The summed E-state index contributed by atoms with van der Waals surface area (Å²) in [4.78, 5) is 90.7. The third-order valence-electron chi connectivity index (χ3n) is 13.8. The molecular formula is C52H59N3O14. The van der Waals surface area contributed by atoms with Crippen molar-refractivity contribution in [3.05, 3.63) is 113 Å². The number of hydrogen-bond acceptors (Lipinski definition) is 15. The van der Waals surface area contributed by atoms with Crippen molar-refractivity contribution in [2.75, 3.05) is 19.8 Å².